The first kappa shape index (κ1) is 10.4. The van der Waals surface area contributed by atoms with Crippen molar-refractivity contribution in [1.82, 2.24) is 4.98 Å². The van der Waals surface area contributed by atoms with Crippen molar-refractivity contribution in [1.29, 1.82) is 0 Å². The molecule has 4 heteroatoms. The van der Waals surface area contributed by atoms with Crippen molar-refractivity contribution >= 4 is 12.0 Å². The van der Waals surface area contributed by atoms with E-state index in [2.05, 4.69) is 9.72 Å². The third kappa shape index (κ3) is 3.35. The second-order valence-electron chi connectivity index (χ2n) is 2.50. The Hall–Kier alpha value is -1.71. The summed E-state index contributed by atoms with van der Waals surface area (Å²) in [5.74, 6) is -0.963. The molecule has 3 nitrogen and oxygen atoms in total. The standard InChI is InChI=1S/C10H10FNO2/c1-2-14-10(13)6-4-8-3-5-9(11)12-7-8/h3-7H,2H2,1H3. The van der Waals surface area contributed by atoms with Crippen LogP contribution in [0.5, 0.6) is 0 Å². The molecular formula is C10H10FNO2. The molecule has 1 heterocycles. The molecule has 0 saturated heterocycles. The number of hydrogen-bond donors (Lipinski definition) is 0. The van der Waals surface area contributed by atoms with E-state index in [1.54, 1.807) is 6.92 Å². The van der Waals surface area contributed by atoms with Crippen LogP contribution in [-0.4, -0.2) is 17.6 Å². The van der Waals surface area contributed by atoms with E-state index in [0.29, 0.717) is 12.2 Å². The molecule has 0 aromatic carbocycles. The maximum atomic E-state index is 12.4. The monoisotopic (exact) mass is 195 g/mol. The third-order valence-electron chi connectivity index (χ3n) is 1.45. The molecule has 0 radical (unpaired) electrons. The van der Waals surface area contributed by atoms with Gasteiger partial charge < -0.3 is 4.74 Å². The van der Waals surface area contributed by atoms with E-state index < -0.39 is 11.9 Å². The number of carbonyl (C=O) groups excluding carboxylic acids is 1. The normalized spacial score (nSPS) is 10.4. The Labute approximate surface area is 81.2 Å². The van der Waals surface area contributed by atoms with E-state index in [-0.39, 0.29) is 0 Å². The fourth-order valence-corrected chi connectivity index (χ4v) is 0.840. The SMILES string of the molecule is CCOC(=O)C=Cc1ccc(F)nc1. The lowest BCUT2D eigenvalue weighted by molar-refractivity contribution is -0.137. The van der Waals surface area contributed by atoms with Gasteiger partial charge in [-0.25, -0.2) is 9.78 Å². The van der Waals surface area contributed by atoms with Gasteiger partial charge in [0, 0.05) is 12.3 Å². The number of pyridine rings is 1. The first-order valence-corrected chi connectivity index (χ1v) is 4.18. The minimum Gasteiger partial charge on any atom is -0.463 e. The summed E-state index contributed by atoms with van der Waals surface area (Å²) in [7, 11) is 0. The van der Waals surface area contributed by atoms with E-state index in [1.807, 2.05) is 0 Å². The topological polar surface area (TPSA) is 39.2 Å². The first-order valence-electron chi connectivity index (χ1n) is 4.18. The molecule has 0 fully saturated rings. The molecule has 0 unspecified atom stereocenters. The van der Waals surface area contributed by atoms with Crippen molar-refractivity contribution in [3.05, 3.63) is 35.9 Å². The summed E-state index contributed by atoms with van der Waals surface area (Å²) in [6, 6.07) is 2.75. The largest absolute Gasteiger partial charge is 0.463 e. The number of halogens is 1. The Bertz CT molecular complexity index is 332. The van der Waals surface area contributed by atoms with Gasteiger partial charge >= 0.3 is 5.97 Å². The highest BCUT2D eigenvalue weighted by Gasteiger charge is 1.94. The summed E-state index contributed by atoms with van der Waals surface area (Å²) in [4.78, 5) is 14.3. The highest BCUT2D eigenvalue weighted by atomic mass is 19.1. The minimum atomic E-state index is -0.543. The molecule has 0 aliphatic heterocycles. The van der Waals surface area contributed by atoms with Crippen molar-refractivity contribution in [2.75, 3.05) is 6.61 Å². The van der Waals surface area contributed by atoms with Crippen molar-refractivity contribution in [3.8, 4) is 0 Å². The van der Waals surface area contributed by atoms with Crippen LogP contribution in [0.2, 0.25) is 0 Å². The number of hydrogen-bond acceptors (Lipinski definition) is 3. The molecule has 0 aliphatic carbocycles. The fourth-order valence-electron chi connectivity index (χ4n) is 0.840. The molecule has 0 N–H and O–H groups in total. The Morgan fingerprint density at radius 1 is 1.64 bits per heavy atom. The molecule has 74 valence electrons. The number of ether oxygens (including phenoxy) is 1. The van der Waals surface area contributed by atoms with E-state index >= 15 is 0 Å². The smallest absolute Gasteiger partial charge is 0.330 e. The molecule has 14 heavy (non-hydrogen) atoms. The zero-order chi connectivity index (χ0) is 10.4. The number of nitrogens with zero attached hydrogens (tertiary/aromatic N) is 1. The zero-order valence-electron chi connectivity index (χ0n) is 7.74. The van der Waals surface area contributed by atoms with Crippen LogP contribution in [0.3, 0.4) is 0 Å². The Kier molecular flexibility index (Phi) is 3.79. The summed E-state index contributed by atoms with van der Waals surface area (Å²) >= 11 is 0. The molecule has 0 saturated carbocycles. The molecule has 0 spiro atoms. The molecule has 1 rings (SSSR count). The van der Waals surface area contributed by atoms with Crippen LogP contribution < -0.4 is 0 Å². The van der Waals surface area contributed by atoms with Gasteiger partial charge in [-0.2, -0.15) is 4.39 Å². The maximum absolute atomic E-state index is 12.4. The number of rotatable bonds is 3. The van der Waals surface area contributed by atoms with Gasteiger partial charge in [-0.3, -0.25) is 0 Å². The number of aromatic nitrogens is 1. The zero-order valence-corrected chi connectivity index (χ0v) is 7.74. The van der Waals surface area contributed by atoms with Gasteiger partial charge in [-0.1, -0.05) is 0 Å². The first-order chi connectivity index (χ1) is 6.72. The number of esters is 1. The van der Waals surface area contributed by atoms with Crippen LogP contribution >= 0.6 is 0 Å². The maximum Gasteiger partial charge on any atom is 0.330 e. The van der Waals surface area contributed by atoms with Crippen LogP contribution in [0.1, 0.15) is 12.5 Å². The van der Waals surface area contributed by atoms with Crippen molar-refractivity contribution in [3.63, 3.8) is 0 Å². The van der Waals surface area contributed by atoms with E-state index in [0.717, 1.165) is 0 Å². The molecular weight excluding hydrogens is 185 g/mol. The summed E-state index contributed by atoms with van der Waals surface area (Å²) in [6.45, 7) is 2.07. The molecule has 0 aliphatic rings. The summed E-state index contributed by atoms with van der Waals surface area (Å²) < 4.78 is 17.0. The minimum absolute atomic E-state index is 0.338. The van der Waals surface area contributed by atoms with Crippen molar-refractivity contribution < 1.29 is 13.9 Å². The molecule has 1 aromatic rings. The highest BCUT2D eigenvalue weighted by Crippen LogP contribution is 2.01. The number of carbonyl (C=O) groups is 1. The van der Waals surface area contributed by atoms with Gasteiger partial charge in [0.25, 0.3) is 0 Å². The van der Waals surface area contributed by atoms with Gasteiger partial charge in [-0.15, -0.1) is 0 Å². The third-order valence-corrected chi connectivity index (χ3v) is 1.45. The average Bonchev–Trinajstić information content (AvgIpc) is 2.17. The van der Waals surface area contributed by atoms with Crippen molar-refractivity contribution in [2.45, 2.75) is 6.92 Å². The van der Waals surface area contributed by atoms with Crippen LogP contribution in [0, 0.1) is 5.95 Å². The molecule has 0 atom stereocenters. The second kappa shape index (κ2) is 5.11. The Morgan fingerprint density at radius 2 is 2.43 bits per heavy atom. The lowest BCUT2D eigenvalue weighted by atomic mass is 10.2. The second-order valence-corrected chi connectivity index (χ2v) is 2.50. The van der Waals surface area contributed by atoms with E-state index in [4.69, 9.17) is 0 Å². The molecule has 0 amide bonds. The van der Waals surface area contributed by atoms with Crippen LogP contribution in [0.4, 0.5) is 4.39 Å². The lowest BCUT2D eigenvalue weighted by Crippen LogP contribution is -1.98. The van der Waals surface area contributed by atoms with E-state index in [9.17, 15) is 9.18 Å². The van der Waals surface area contributed by atoms with Crippen LogP contribution in [0.15, 0.2) is 24.4 Å². The summed E-state index contributed by atoms with van der Waals surface area (Å²) in [5, 5.41) is 0. The summed E-state index contributed by atoms with van der Waals surface area (Å²) in [5.41, 5.74) is 0.652. The highest BCUT2D eigenvalue weighted by molar-refractivity contribution is 5.86. The Morgan fingerprint density at radius 3 is 3.00 bits per heavy atom. The molecule has 1 aromatic heterocycles. The van der Waals surface area contributed by atoms with Crippen LogP contribution in [0.25, 0.3) is 6.08 Å². The van der Waals surface area contributed by atoms with Crippen LogP contribution in [-0.2, 0) is 9.53 Å². The van der Waals surface area contributed by atoms with Gasteiger partial charge in [0.1, 0.15) is 0 Å². The van der Waals surface area contributed by atoms with Gasteiger partial charge in [-0.05, 0) is 30.7 Å². The average molecular weight is 195 g/mol. The lowest BCUT2D eigenvalue weighted by Gasteiger charge is -1.94. The van der Waals surface area contributed by atoms with Gasteiger partial charge in [0.15, 0.2) is 0 Å². The van der Waals surface area contributed by atoms with Gasteiger partial charge in [0.2, 0.25) is 5.95 Å². The van der Waals surface area contributed by atoms with Crippen molar-refractivity contribution in [2.24, 2.45) is 0 Å². The molecule has 0 bridgehead atoms. The predicted octanol–water partition coefficient (Wildman–Crippen LogP) is 1.80. The predicted molar refractivity (Wildman–Crippen MR) is 49.9 cm³/mol. The van der Waals surface area contributed by atoms with E-state index in [1.165, 1.54) is 30.5 Å². The van der Waals surface area contributed by atoms with Gasteiger partial charge in [0.05, 0.1) is 6.61 Å². The fraction of sp³-hybridized carbons (Fsp3) is 0.200. The Balaban J connectivity index is 2.60. The quantitative estimate of drug-likeness (QED) is 0.419. The summed E-state index contributed by atoms with van der Waals surface area (Å²) in [6.07, 6.45) is 4.13.